The van der Waals surface area contributed by atoms with E-state index in [1.165, 1.54) is 13.8 Å². The number of nitrogens with zero attached hydrogens (tertiary/aromatic N) is 1. The third-order valence-corrected chi connectivity index (χ3v) is 4.06. The van der Waals surface area contributed by atoms with Crippen molar-refractivity contribution >= 4 is 18.1 Å². The summed E-state index contributed by atoms with van der Waals surface area (Å²) >= 11 is 0. The fourth-order valence-electron chi connectivity index (χ4n) is 2.57. The largest absolute Gasteiger partial charge is 0.425 e. The zero-order valence-corrected chi connectivity index (χ0v) is 19.7. The number of ether oxygens (including phenoxy) is 3. The highest BCUT2D eigenvalue weighted by Gasteiger charge is 2.28. The molecule has 1 saturated heterocycles. The van der Waals surface area contributed by atoms with Crippen molar-refractivity contribution < 1.29 is 23.8 Å². The van der Waals surface area contributed by atoms with Crippen LogP contribution in [0.2, 0.25) is 0 Å². The van der Waals surface area contributed by atoms with E-state index in [0.717, 1.165) is 11.3 Å². The fourth-order valence-corrected chi connectivity index (χ4v) is 2.57. The maximum Gasteiger partial charge on any atom is 0.340 e. The Hall–Kier alpha value is -2.54. The Morgan fingerprint density at radius 1 is 1.13 bits per heavy atom. The van der Waals surface area contributed by atoms with Crippen LogP contribution in [0.1, 0.15) is 54.0 Å². The minimum Gasteiger partial charge on any atom is -0.425 e. The van der Waals surface area contributed by atoms with Crippen molar-refractivity contribution in [2.24, 2.45) is 0 Å². The molecule has 7 nitrogen and oxygen atoms in total. The van der Waals surface area contributed by atoms with Crippen LogP contribution in [-0.4, -0.2) is 49.4 Å². The van der Waals surface area contributed by atoms with Crippen molar-refractivity contribution in [2.75, 3.05) is 31.6 Å². The van der Waals surface area contributed by atoms with E-state index >= 15 is 0 Å². The van der Waals surface area contributed by atoms with Gasteiger partial charge in [0.25, 0.3) is 12.3 Å². The van der Waals surface area contributed by atoms with Crippen LogP contribution in [0, 0.1) is 6.92 Å². The smallest absolute Gasteiger partial charge is 0.340 e. The van der Waals surface area contributed by atoms with Crippen LogP contribution in [0.15, 0.2) is 35.7 Å². The summed E-state index contributed by atoms with van der Waals surface area (Å²) in [6.07, 6.45) is 0. The predicted octanol–water partition coefficient (Wildman–Crippen LogP) is 4.48. The first-order valence-corrected chi connectivity index (χ1v) is 10.5. The van der Waals surface area contributed by atoms with Crippen LogP contribution in [0.4, 0.5) is 5.69 Å². The van der Waals surface area contributed by atoms with Gasteiger partial charge in [0.05, 0.1) is 18.8 Å². The Bertz CT molecular complexity index is 680. The first-order valence-electron chi connectivity index (χ1n) is 10.5. The molecule has 1 aliphatic rings. The molecule has 1 heterocycles. The molecular weight excluding hydrogens is 384 g/mol. The maximum atomic E-state index is 12.6. The summed E-state index contributed by atoms with van der Waals surface area (Å²) in [5.41, 5.74) is 2.37. The van der Waals surface area contributed by atoms with Gasteiger partial charge in [-0.2, -0.15) is 0 Å². The fraction of sp³-hybridized carbons (Fsp3) is 0.565. The predicted molar refractivity (Wildman–Crippen MR) is 120 cm³/mol. The summed E-state index contributed by atoms with van der Waals surface area (Å²) in [4.78, 5) is 25.2. The molecular formula is C23H38N2O5. The third-order valence-electron chi connectivity index (χ3n) is 4.06. The summed E-state index contributed by atoms with van der Waals surface area (Å²) in [7, 11) is 0. The molecule has 0 spiro atoms. The highest BCUT2D eigenvalue weighted by molar-refractivity contribution is 5.89. The lowest BCUT2D eigenvalue weighted by Gasteiger charge is -2.33. The van der Waals surface area contributed by atoms with E-state index in [4.69, 9.17) is 14.2 Å². The minimum absolute atomic E-state index is 0.265. The van der Waals surface area contributed by atoms with Gasteiger partial charge in [-0.1, -0.05) is 45.9 Å². The van der Waals surface area contributed by atoms with E-state index in [1.807, 2.05) is 58.9 Å². The second-order valence-electron chi connectivity index (χ2n) is 6.52. The molecule has 2 rings (SSSR count). The topological polar surface area (TPSA) is 77.1 Å². The molecule has 7 heteroatoms. The Morgan fingerprint density at radius 3 is 2.23 bits per heavy atom. The van der Waals surface area contributed by atoms with Gasteiger partial charge in [-0.05, 0) is 25.5 Å². The zero-order valence-electron chi connectivity index (χ0n) is 19.7. The van der Waals surface area contributed by atoms with Crippen LogP contribution in [0.25, 0.3) is 0 Å². The van der Waals surface area contributed by atoms with Crippen LogP contribution >= 0.6 is 0 Å². The summed E-state index contributed by atoms with van der Waals surface area (Å²) < 4.78 is 15.6. The summed E-state index contributed by atoms with van der Waals surface area (Å²) in [5, 5.41) is 3.35. The van der Waals surface area contributed by atoms with Gasteiger partial charge in [0, 0.05) is 32.6 Å². The van der Waals surface area contributed by atoms with Gasteiger partial charge < -0.3 is 24.4 Å². The number of aryl methyl sites for hydroxylation is 1. The number of morpholine rings is 1. The van der Waals surface area contributed by atoms with E-state index in [2.05, 4.69) is 10.2 Å². The number of para-hydroxylation sites is 1. The molecule has 0 bridgehead atoms. The molecule has 1 aliphatic heterocycles. The van der Waals surface area contributed by atoms with Gasteiger partial charge in [0.15, 0.2) is 0 Å². The molecule has 0 amide bonds. The SMILES string of the molecule is C/C(C(=O)OC(C)(C)OC=O)=C(\Nc1ccccc1C)N1CCOCC1.CC.CC. The lowest BCUT2D eigenvalue weighted by molar-refractivity contribution is -0.204. The molecule has 170 valence electrons. The summed E-state index contributed by atoms with van der Waals surface area (Å²) in [5.74, 6) is -1.23. The molecule has 0 saturated carbocycles. The number of nitrogens with one attached hydrogen (secondary N) is 1. The Morgan fingerprint density at radius 2 is 1.70 bits per heavy atom. The standard InChI is InChI=1S/C19H26N2O5.2C2H6/c1-14-7-5-6-8-16(14)20-17(21-9-11-24-12-10-21)15(2)18(23)26-19(3,4)25-13-22;2*1-2/h5-8,13,20H,9-12H2,1-4H3;2*1-2H3/b17-15-;;. The molecule has 1 aromatic carbocycles. The molecule has 0 radical (unpaired) electrons. The first-order chi connectivity index (χ1) is 14.3. The highest BCUT2D eigenvalue weighted by atomic mass is 16.7. The molecule has 30 heavy (non-hydrogen) atoms. The normalized spacial score (nSPS) is 14.1. The molecule has 0 aliphatic carbocycles. The second-order valence-corrected chi connectivity index (χ2v) is 6.52. The van der Waals surface area contributed by atoms with Crippen LogP contribution in [-0.2, 0) is 23.8 Å². The van der Waals surface area contributed by atoms with Gasteiger partial charge in [0.2, 0.25) is 0 Å². The van der Waals surface area contributed by atoms with Gasteiger partial charge in [-0.3, -0.25) is 4.79 Å². The number of benzene rings is 1. The lowest BCUT2D eigenvalue weighted by Crippen LogP contribution is -2.40. The van der Waals surface area contributed by atoms with E-state index < -0.39 is 11.8 Å². The molecule has 1 N–H and O–H groups in total. The number of carbonyl (C=O) groups is 2. The van der Waals surface area contributed by atoms with E-state index in [1.54, 1.807) is 6.92 Å². The number of carbonyl (C=O) groups excluding carboxylic acids is 2. The minimum atomic E-state index is -1.33. The molecule has 1 aromatic rings. The number of esters is 1. The number of rotatable bonds is 7. The van der Waals surface area contributed by atoms with Crippen LogP contribution in [0.3, 0.4) is 0 Å². The Balaban J connectivity index is 0.00000198. The van der Waals surface area contributed by atoms with Crippen molar-refractivity contribution in [3.63, 3.8) is 0 Å². The number of anilines is 1. The Labute approximate surface area is 181 Å². The van der Waals surface area contributed by atoms with Crippen molar-refractivity contribution in [3.8, 4) is 0 Å². The van der Waals surface area contributed by atoms with Crippen LogP contribution < -0.4 is 5.32 Å². The Kier molecular flexibility index (Phi) is 13.2. The monoisotopic (exact) mass is 422 g/mol. The second kappa shape index (κ2) is 14.4. The number of hydrogen-bond acceptors (Lipinski definition) is 7. The molecule has 0 atom stereocenters. The van der Waals surface area contributed by atoms with E-state index in [9.17, 15) is 9.59 Å². The van der Waals surface area contributed by atoms with E-state index in [0.29, 0.717) is 37.7 Å². The van der Waals surface area contributed by atoms with Gasteiger partial charge in [-0.15, -0.1) is 0 Å². The lowest BCUT2D eigenvalue weighted by atomic mass is 10.2. The van der Waals surface area contributed by atoms with Crippen molar-refractivity contribution in [1.82, 2.24) is 4.90 Å². The molecule has 0 unspecified atom stereocenters. The van der Waals surface area contributed by atoms with E-state index in [-0.39, 0.29) is 6.47 Å². The zero-order chi connectivity index (χ0) is 23.2. The quantitative estimate of drug-likeness (QED) is 0.300. The van der Waals surface area contributed by atoms with Gasteiger partial charge >= 0.3 is 5.97 Å². The maximum absolute atomic E-state index is 12.6. The van der Waals surface area contributed by atoms with Crippen molar-refractivity contribution in [1.29, 1.82) is 0 Å². The average molecular weight is 423 g/mol. The van der Waals surface area contributed by atoms with Crippen LogP contribution in [0.5, 0.6) is 0 Å². The summed E-state index contributed by atoms with van der Waals surface area (Å²) in [6, 6.07) is 7.84. The average Bonchev–Trinajstić information content (AvgIpc) is 2.75. The number of hydrogen-bond donors (Lipinski definition) is 1. The molecule has 1 fully saturated rings. The van der Waals surface area contributed by atoms with Gasteiger partial charge in [0.1, 0.15) is 5.82 Å². The highest BCUT2D eigenvalue weighted by Crippen LogP contribution is 2.22. The molecule has 0 aromatic heterocycles. The first kappa shape index (κ1) is 27.5. The summed E-state index contributed by atoms with van der Waals surface area (Å²) in [6.45, 7) is 17.5. The van der Waals surface area contributed by atoms with Gasteiger partial charge in [-0.25, -0.2) is 4.79 Å². The van der Waals surface area contributed by atoms with Crippen molar-refractivity contribution in [2.45, 2.75) is 61.2 Å². The van der Waals surface area contributed by atoms with Crippen molar-refractivity contribution in [3.05, 3.63) is 41.2 Å². The third kappa shape index (κ3) is 8.86.